The summed E-state index contributed by atoms with van der Waals surface area (Å²) >= 11 is 3.98. The van der Waals surface area contributed by atoms with Crippen LogP contribution in [0, 0.1) is 0 Å². The minimum Gasteiger partial charge on any atom is -0.493 e. The van der Waals surface area contributed by atoms with Crippen molar-refractivity contribution in [3.8, 4) is 5.75 Å². The maximum Gasteiger partial charge on any atom is 0.119 e. The van der Waals surface area contributed by atoms with E-state index in [0.29, 0.717) is 11.2 Å². The molecule has 18 heavy (non-hydrogen) atoms. The second-order valence-electron chi connectivity index (χ2n) is 3.74. The molecule has 0 spiro atoms. The Hall–Kier alpha value is -0.540. The molecule has 0 bridgehead atoms. The maximum absolute atomic E-state index is 5.62. The van der Waals surface area contributed by atoms with Gasteiger partial charge in [-0.05, 0) is 35.6 Å². The third kappa shape index (κ3) is 5.40. The van der Waals surface area contributed by atoms with Crippen molar-refractivity contribution in [2.75, 3.05) is 18.1 Å². The van der Waals surface area contributed by atoms with Gasteiger partial charge in [0, 0.05) is 0 Å². The van der Waals surface area contributed by atoms with Crippen LogP contribution in [0.5, 0.6) is 5.75 Å². The lowest BCUT2D eigenvalue weighted by atomic mass is 10.2. The number of thioether (sulfide) groups is 2. The number of hydrogen-bond donors (Lipinski definition) is 0. The third-order valence-corrected chi connectivity index (χ3v) is 5.01. The highest BCUT2D eigenvalue weighted by Crippen LogP contribution is 2.39. The Balaban J connectivity index is 2.58. The molecule has 0 unspecified atom stereocenters. The highest BCUT2D eigenvalue weighted by molar-refractivity contribution is 8.16. The largest absolute Gasteiger partial charge is 0.493 e. The van der Waals surface area contributed by atoms with Crippen LogP contribution in [0.4, 0.5) is 0 Å². The maximum atomic E-state index is 5.62. The van der Waals surface area contributed by atoms with Crippen LogP contribution in [-0.2, 0) is 0 Å². The molecule has 0 aromatic heterocycles. The summed E-state index contributed by atoms with van der Waals surface area (Å²) in [5.74, 6) is 3.24. The monoisotopic (exact) mass is 282 g/mol. The predicted molar refractivity (Wildman–Crippen MR) is 85.8 cm³/mol. The van der Waals surface area contributed by atoms with Crippen LogP contribution in [0.3, 0.4) is 0 Å². The second-order valence-corrected chi connectivity index (χ2v) is 6.80. The standard InChI is InChI=1S/C15H22OS2/c1-4-7-12-16-14-10-8-13(9-11-14)15(17-5-2)18-6-3/h4,8-11,15H,1,5-7,12H2,2-3H3. The van der Waals surface area contributed by atoms with Gasteiger partial charge < -0.3 is 4.74 Å². The van der Waals surface area contributed by atoms with Crippen LogP contribution >= 0.6 is 23.5 Å². The van der Waals surface area contributed by atoms with Gasteiger partial charge in [-0.15, -0.1) is 30.1 Å². The van der Waals surface area contributed by atoms with Gasteiger partial charge in [0.05, 0.1) is 11.2 Å². The summed E-state index contributed by atoms with van der Waals surface area (Å²) in [6.07, 6.45) is 2.77. The van der Waals surface area contributed by atoms with Crippen LogP contribution in [-0.4, -0.2) is 18.1 Å². The van der Waals surface area contributed by atoms with E-state index in [0.717, 1.165) is 23.7 Å². The number of hydrogen-bond acceptors (Lipinski definition) is 3. The van der Waals surface area contributed by atoms with Gasteiger partial charge >= 0.3 is 0 Å². The van der Waals surface area contributed by atoms with Crippen molar-refractivity contribution in [3.63, 3.8) is 0 Å². The van der Waals surface area contributed by atoms with E-state index in [-0.39, 0.29) is 0 Å². The molecule has 0 radical (unpaired) electrons. The zero-order valence-electron chi connectivity index (χ0n) is 11.2. The van der Waals surface area contributed by atoms with Crippen molar-refractivity contribution in [3.05, 3.63) is 42.5 Å². The molecular weight excluding hydrogens is 260 g/mol. The molecule has 3 heteroatoms. The molecule has 0 aliphatic heterocycles. The Bertz CT molecular complexity index is 329. The molecule has 0 fully saturated rings. The molecular formula is C15H22OS2. The van der Waals surface area contributed by atoms with E-state index in [9.17, 15) is 0 Å². The molecule has 1 nitrogen and oxygen atoms in total. The zero-order chi connectivity index (χ0) is 13.2. The van der Waals surface area contributed by atoms with Crippen molar-refractivity contribution in [2.24, 2.45) is 0 Å². The fraction of sp³-hybridized carbons (Fsp3) is 0.467. The van der Waals surface area contributed by atoms with E-state index in [1.807, 2.05) is 29.6 Å². The molecule has 0 amide bonds. The Labute approximate surface area is 119 Å². The SMILES string of the molecule is C=CCCOc1ccc(C(SCC)SCC)cc1. The highest BCUT2D eigenvalue weighted by atomic mass is 32.2. The first kappa shape index (κ1) is 15.5. The molecule has 1 aromatic rings. The first-order valence-electron chi connectivity index (χ1n) is 6.38. The smallest absolute Gasteiger partial charge is 0.119 e. The van der Waals surface area contributed by atoms with Gasteiger partial charge in [-0.3, -0.25) is 0 Å². The molecule has 0 aliphatic rings. The Kier molecular flexibility index (Phi) is 8.10. The first-order valence-corrected chi connectivity index (χ1v) is 8.48. The van der Waals surface area contributed by atoms with Crippen LogP contribution in [0.2, 0.25) is 0 Å². The van der Waals surface area contributed by atoms with Crippen molar-refractivity contribution < 1.29 is 4.74 Å². The van der Waals surface area contributed by atoms with Gasteiger partial charge in [-0.1, -0.05) is 32.1 Å². The lowest BCUT2D eigenvalue weighted by Gasteiger charge is -2.15. The van der Waals surface area contributed by atoms with Crippen LogP contribution in [0.1, 0.15) is 30.4 Å². The highest BCUT2D eigenvalue weighted by Gasteiger charge is 2.10. The van der Waals surface area contributed by atoms with E-state index >= 15 is 0 Å². The molecule has 0 N–H and O–H groups in total. The molecule has 0 heterocycles. The van der Waals surface area contributed by atoms with E-state index in [1.165, 1.54) is 5.56 Å². The van der Waals surface area contributed by atoms with E-state index < -0.39 is 0 Å². The Morgan fingerprint density at radius 1 is 1.17 bits per heavy atom. The van der Waals surface area contributed by atoms with Gasteiger partial charge in [0.15, 0.2) is 0 Å². The van der Waals surface area contributed by atoms with Gasteiger partial charge in [0.25, 0.3) is 0 Å². The summed E-state index contributed by atoms with van der Waals surface area (Å²) in [5.41, 5.74) is 1.38. The van der Waals surface area contributed by atoms with Crippen LogP contribution in [0.25, 0.3) is 0 Å². The summed E-state index contributed by atoms with van der Waals surface area (Å²) in [7, 11) is 0. The van der Waals surface area contributed by atoms with E-state index in [4.69, 9.17) is 4.74 Å². The number of rotatable bonds is 9. The third-order valence-electron chi connectivity index (χ3n) is 2.38. The minimum atomic E-state index is 0.544. The number of ether oxygens (including phenoxy) is 1. The fourth-order valence-corrected chi connectivity index (χ4v) is 4.03. The fourth-order valence-electron chi connectivity index (χ4n) is 1.52. The molecule has 0 saturated carbocycles. The minimum absolute atomic E-state index is 0.544. The Morgan fingerprint density at radius 3 is 2.28 bits per heavy atom. The summed E-state index contributed by atoms with van der Waals surface area (Å²) in [5, 5.41) is 0. The number of benzene rings is 1. The molecule has 0 saturated heterocycles. The lowest BCUT2D eigenvalue weighted by Crippen LogP contribution is -1.96. The molecule has 0 aliphatic carbocycles. The molecule has 1 aromatic carbocycles. The van der Waals surface area contributed by atoms with Crippen molar-refractivity contribution in [2.45, 2.75) is 24.9 Å². The average Bonchev–Trinajstić information content (AvgIpc) is 2.40. The summed E-state index contributed by atoms with van der Waals surface area (Å²) in [6.45, 7) is 8.81. The topological polar surface area (TPSA) is 9.23 Å². The van der Waals surface area contributed by atoms with E-state index in [1.54, 1.807) is 0 Å². The average molecular weight is 282 g/mol. The lowest BCUT2D eigenvalue weighted by molar-refractivity contribution is 0.325. The zero-order valence-corrected chi connectivity index (χ0v) is 12.9. The van der Waals surface area contributed by atoms with Crippen molar-refractivity contribution >= 4 is 23.5 Å². The van der Waals surface area contributed by atoms with Gasteiger partial charge in [0.1, 0.15) is 5.75 Å². The van der Waals surface area contributed by atoms with Gasteiger partial charge in [-0.25, -0.2) is 0 Å². The van der Waals surface area contributed by atoms with Crippen molar-refractivity contribution in [1.82, 2.24) is 0 Å². The van der Waals surface area contributed by atoms with Crippen LogP contribution in [0.15, 0.2) is 36.9 Å². The molecule has 0 atom stereocenters. The van der Waals surface area contributed by atoms with Crippen LogP contribution < -0.4 is 4.74 Å². The molecule has 1 rings (SSSR count). The predicted octanol–water partition coefficient (Wildman–Crippen LogP) is 5.15. The van der Waals surface area contributed by atoms with Crippen molar-refractivity contribution in [1.29, 1.82) is 0 Å². The van der Waals surface area contributed by atoms with Gasteiger partial charge in [0.2, 0.25) is 0 Å². The first-order chi connectivity index (χ1) is 8.81. The molecule has 100 valence electrons. The normalized spacial score (nSPS) is 10.6. The summed E-state index contributed by atoms with van der Waals surface area (Å²) in [6, 6.07) is 8.49. The van der Waals surface area contributed by atoms with E-state index in [2.05, 4.69) is 44.7 Å². The Morgan fingerprint density at radius 2 is 1.78 bits per heavy atom. The van der Waals surface area contributed by atoms with Gasteiger partial charge in [-0.2, -0.15) is 0 Å². The quantitative estimate of drug-likeness (QED) is 0.352. The second kappa shape index (κ2) is 9.40. The summed E-state index contributed by atoms with van der Waals surface area (Å²) < 4.78 is 6.16. The summed E-state index contributed by atoms with van der Waals surface area (Å²) in [4.78, 5) is 0.